The van der Waals surface area contributed by atoms with Crippen molar-refractivity contribution in [2.45, 2.75) is 57.8 Å². The Morgan fingerprint density at radius 3 is 2.67 bits per heavy atom. The number of fused-ring (bicyclic) bond motifs is 1. The van der Waals surface area contributed by atoms with Gasteiger partial charge >= 0.3 is 0 Å². The number of rotatable bonds is 3. The molecule has 0 atom stereocenters. The maximum Gasteiger partial charge on any atom is 0.0243 e. The molecule has 0 saturated heterocycles. The van der Waals surface area contributed by atoms with Crippen LogP contribution < -0.4 is 5.32 Å². The zero-order valence-corrected chi connectivity index (χ0v) is 11.4. The standard InChI is InChI=1S/C16H24N2/c1-17-10-13-7-8-14-11-18(12-15(14)9-13)16-5-3-2-4-6-16/h7-9,16-17H,2-6,10-12H2,1H3. The van der Waals surface area contributed by atoms with E-state index in [2.05, 4.69) is 28.4 Å². The molecule has 1 aliphatic heterocycles. The summed E-state index contributed by atoms with van der Waals surface area (Å²) in [4.78, 5) is 2.70. The normalized spacial score (nSPS) is 21.2. The minimum Gasteiger partial charge on any atom is -0.316 e. The predicted molar refractivity (Wildman–Crippen MR) is 75.3 cm³/mol. The van der Waals surface area contributed by atoms with Crippen LogP contribution in [0.1, 0.15) is 48.8 Å². The number of hydrogen-bond donors (Lipinski definition) is 1. The lowest BCUT2D eigenvalue weighted by Gasteiger charge is -2.30. The number of hydrogen-bond acceptors (Lipinski definition) is 2. The van der Waals surface area contributed by atoms with E-state index >= 15 is 0 Å². The van der Waals surface area contributed by atoms with E-state index in [0.29, 0.717) is 0 Å². The molecular weight excluding hydrogens is 220 g/mol. The average Bonchev–Trinajstić information content (AvgIpc) is 2.83. The van der Waals surface area contributed by atoms with Crippen LogP contribution in [0.2, 0.25) is 0 Å². The van der Waals surface area contributed by atoms with Crippen LogP contribution in [0.5, 0.6) is 0 Å². The van der Waals surface area contributed by atoms with Crippen molar-refractivity contribution in [2.75, 3.05) is 7.05 Å². The van der Waals surface area contributed by atoms with Crippen molar-refractivity contribution in [1.29, 1.82) is 0 Å². The number of benzene rings is 1. The molecule has 98 valence electrons. The zero-order valence-electron chi connectivity index (χ0n) is 11.4. The first kappa shape index (κ1) is 12.2. The van der Waals surface area contributed by atoms with Gasteiger partial charge in [-0.2, -0.15) is 0 Å². The Hall–Kier alpha value is -0.860. The van der Waals surface area contributed by atoms with Gasteiger partial charge in [-0.15, -0.1) is 0 Å². The fourth-order valence-corrected chi connectivity index (χ4v) is 3.49. The van der Waals surface area contributed by atoms with Crippen LogP contribution in [0, 0.1) is 0 Å². The lowest BCUT2D eigenvalue weighted by atomic mass is 9.94. The molecule has 0 unspecified atom stereocenters. The number of nitrogens with one attached hydrogen (secondary N) is 1. The molecule has 0 aromatic heterocycles. The van der Waals surface area contributed by atoms with Crippen LogP contribution >= 0.6 is 0 Å². The molecule has 0 amide bonds. The van der Waals surface area contributed by atoms with Crippen molar-refractivity contribution >= 4 is 0 Å². The van der Waals surface area contributed by atoms with Crippen molar-refractivity contribution in [1.82, 2.24) is 10.2 Å². The van der Waals surface area contributed by atoms with Gasteiger partial charge in [-0.3, -0.25) is 4.90 Å². The van der Waals surface area contributed by atoms with Crippen molar-refractivity contribution < 1.29 is 0 Å². The third-order valence-corrected chi connectivity index (χ3v) is 4.49. The molecule has 3 rings (SSSR count). The summed E-state index contributed by atoms with van der Waals surface area (Å²) in [6, 6.07) is 7.86. The van der Waals surface area contributed by atoms with Gasteiger partial charge < -0.3 is 5.32 Å². The van der Waals surface area contributed by atoms with Crippen molar-refractivity contribution in [3.63, 3.8) is 0 Å². The molecule has 1 saturated carbocycles. The summed E-state index contributed by atoms with van der Waals surface area (Å²) in [6.45, 7) is 3.34. The second-order valence-corrected chi connectivity index (χ2v) is 5.83. The van der Waals surface area contributed by atoms with E-state index in [4.69, 9.17) is 0 Å². The van der Waals surface area contributed by atoms with Crippen LogP contribution in [0.25, 0.3) is 0 Å². The van der Waals surface area contributed by atoms with Gasteiger partial charge in [0.05, 0.1) is 0 Å². The zero-order chi connectivity index (χ0) is 12.4. The third kappa shape index (κ3) is 2.45. The summed E-state index contributed by atoms with van der Waals surface area (Å²) in [5, 5.41) is 3.24. The summed E-state index contributed by atoms with van der Waals surface area (Å²) in [5.41, 5.74) is 4.54. The monoisotopic (exact) mass is 244 g/mol. The summed E-state index contributed by atoms with van der Waals surface area (Å²) in [5.74, 6) is 0. The molecule has 0 radical (unpaired) electrons. The van der Waals surface area contributed by atoms with Gasteiger partial charge in [0.25, 0.3) is 0 Å². The molecule has 2 aliphatic rings. The van der Waals surface area contributed by atoms with Crippen LogP contribution in [-0.2, 0) is 19.6 Å². The van der Waals surface area contributed by atoms with Gasteiger partial charge in [-0.05, 0) is 36.6 Å². The fraction of sp³-hybridized carbons (Fsp3) is 0.625. The van der Waals surface area contributed by atoms with Crippen LogP contribution in [-0.4, -0.2) is 18.0 Å². The van der Waals surface area contributed by atoms with E-state index in [-0.39, 0.29) is 0 Å². The third-order valence-electron chi connectivity index (χ3n) is 4.49. The highest BCUT2D eigenvalue weighted by atomic mass is 15.2. The van der Waals surface area contributed by atoms with Gasteiger partial charge in [0.2, 0.25) is 0 Å². The highest BCUT2D eigenvalue weighted by Crippen LogP contribution is 2.31. The SMILES string of the molecule is CNCc1ccc2c(c1)CN(C1CCCCC1)C2. The van der Waals surface area contributed by atoms with Crippen molar-refractivity contribution in [2.24, 2.45) is 0 Å². The van der Waals surface area contributed by atoms with Crippen molar-refractivity contribution in [3.8, 4) is 0 Å². The van der Waals surface area contributed by atoms with Gasteiger partial charge in [-0.25, -0.2) is 0 Å². The van der Waals surface area contributed by atoms with Gasteiger partial charge in [-0.1, -0.05) is 37.5 Å². The summed E-state index contributed by atoms with van der Waals surface area (Å²) in [6.07, 6.45) is 7.14. The van der Waals surface area contributed by atoms with Gasteiger partial charge in [0, 0.05) is 25.7 Å². The topological polar surface area (TPSA) is 15.3 Å². The molecule has 0 bridgehead atoms. The molecule has 18 heavy (non-hydrogen) atoms. The fourth-order valence-electron chi connectivity index (χ4n) is 3.49. The molecular formula is C16H24N2. The molecule has 1 aromatic rings. The summed E-state index contributed by atoms with van der Waals surface area (Å²) in [7, 11) is 2.02. The van der Waals surface area contributed by atoms with Gasteiger partial charge in [0.15, 0.2) is 0 Å². The van der Waals surface area contributed by atoms with Crippen LogP contribution in [0.3, 0.4) is 0 Å². The summed E-state index contributed by atoms with van der Waals surface area (Å²) < 4.78 is 0. The average molecular weight is 244 g/mol. The maximum atomic E-state index is 3.24. The Balaban J connectivity index is 1.70. The van der Waals surface area contributed by atoms with Crippen molar-refractivity contribution in [3.05, 3.63) is 34.9 Å². The molecule has 2 heteroatoms. The Morgan fingerprint density at radius 1 is 1.11 bits per heavy atom. The first-order valence-electron chi connectivity index (χ1n) is 7.36. The van der Waals surface area contributed by atoms with Crippen LogP contribution in [0.15, 0.2) is 18.2 Å². The largest absolute Gasteiger partial charge is 0.316 e. The second kappa shape index (κ2) is 5.41. The smallest absolute Gasteiger partial charge is 0.0243 e. The molecule has 1 N–H and O–H groups in total. The molecule has 2 nitrogen and oxygen atoms in total. The molecule has 1 heterocycles. The number of nitrogens with zero attached hydrogens (tertiary/aromatic N) is 1. The Kier molecular flexibility index (Phi) is 3.67. The lowest BCUT2D eigenvalue weighted by Crippen LogP contribution is -2.32. The maximum absolute atomic E-state index is 3.24. The Morgan fingerprint density at radius 2 is 1.89 bits per heavy atom. The van der Waals surface area contributed by atoms with E-state index < -0.39 is 0 Å². The Bertz CT molecular complexity index is 408. The van der Waals surface area contributed by atoms with Crippen LogP contribution in [0.4, 0.5) is 0 Å². The second-order valence-electron chi connectivity index (χ2n) is 5.83. The van der Waals surface area contributed by atoms with E-state index in [1.807, 2.05) is 7.05 Å². The molecule has 1 aliphatic carbocycles. The summed E-state index contributed by atoms with van der Waals surface area (Å²) >= 11 is 0. The Labute approximate surface area is 110 Å². The quantitative estimate of drug-likeness (QED) is 0.879. The molecule has 0 spiro atoms. The highest BCUT2D eigenvalue weighted by molar-refractivity contribution is 5.35. The first-order valence-corrected chi connectivity index (χ1v) is 7.36. The van der Waals surface area contributed by atoms with E-state index in [1.54, 1.807) is 11.1 Å². The van der Waals surface area contributed by atoms with E-state index in [0.717, 1.165) is 12.6 Å². The minimum atomic E-state index is 0.846. The minimum absolute atomic E-state index is 0.846. The van der Waals surface area contributed by atoms with E-state index in [9.17, 15) is 0 Å². The molecule has 1 aromatic carbocycles. The van der Waals surface area contributed by atoms with E-state index in [1.165, 1.54) is 50.8 Å². The highest BCUT2D eigenvalue weighted by Gasteiger charge is 2.26. The lowest BCUT2D eigenvalue weighted by molar-refractivity contribution is 0.156. The first-order chi connectivity index (χ1) is 8.86. The molecule has 1 fully saturated rings. The predicted octanol–water partition coefficient (Wildman–Crippen LogP) is 3.05. The van der Waals surface area contributed by atoms with Gasteiger partial charge in [0.1, 0.15) is 0 Å².